The Morgan fingerprint density at radius 1 is 0.679 bits per heavy atom. The number of rotatable bonds is 10. The average Bonchev–Trinajstić information content (AvgIpc) is 2.72. The molecule has 0 atom stereocenters. The molecule has 3 aromatic rings. The van der Waals surface area contributed by atoms with Crippen LogP contribution in [0.15, 0.2) is 78.9 Å². The molecule has 3 rings (SSSR count). The lowest BCUT2D eigenvalue weighted by Gasteiger charge is -2.12. The number of benzene rings is 3. The second-order valence-corrected chi connectivity index (χ2v) is 6.70. The van der Waals surface area contributed by atoms with Crippen LogP contribution >= 0.6 is 0 Å². The Kier molecular flexibility index (Phi) is 7.19. The van der Waals surface area contributed by atoms with Crippen LogP contribution in [0.5, 0.6) is 17.2 Å². The largest absolute Gasteiger partial charge is 0.491 e. The highest BCUT2D eigenvalue weighted by Crippen LogP contribution is 2.18. The number of para-hydroxylation sites is 1. The molecule has 0 unspecified atom stereocenters. The zero-order valence-electron chi connectivity index (χ0n) is 16.4. The van der Waals surface area contributed by atoms with E-state index >= 15 is 0 Å². The van der Waals surface area contributed by atoms with Crippen molar-refractivity contribution in [3.8, 4) is 17.2 Å². The van der Waals surface area contributed by atoms with Gasteiger partial charge in [-0.05, 0) is 67.9 Å². The van der Waals surface area contributed by atoms with Crippen LogP contribution in [-0.2, 0) is 6.54 Å². The second kappa shape index (κ2) is 10.3. The standard InChI is InChI=1S/C24H27NO3/c1-19(2)28-24-14-10-21(11-15-24)25-18-20-8-12-23(13-9-20)27-17-16-26-22-6-4-3-5-7-22/h3-15,19,25H,16-18H2,1-2H3. The van der Waals surface area contributed by atoms with Crippen molar-refractivity contribution in [2.75, 3.05) is 18.5 Å². The third-order valence-corrected chi connectivity index (χ3v) is 4.01. The summed E-state index contributed by atoms with van der Waals surface area (Å²) in [7, 11) is 0. The second-order valence-electron chi connectivity index (χ2n) is 6.70. The molecule has 146 valence electrons. The predicted molar refractivity (Wildman–Crippen MR) is 113 cm³/mol. The van der Waals surface area contributed by atoms with Gasteiger partial charge in [0.2, 0.25) is 0 Å². The molecule has 0 aliphatic heterocycles. The summed E-state index contributed by atoms with van der Waals surface area (Å²) in [6.45, 7) is 5.83. The van der Waals surface area contributed by atoms with Crippen LogP contribution in [0.2, 0.25) is 0 Å². The van der Waals surface area contributed by atoms with Crippen molar-refractivity contribution in [2.45, 2.75) is 26.5 Å². The fourth-order valence-electron chi connectivity index (χ4n) is 2.67. The van der Waals surface area contributed by atoms with Crippen LogP contribution in [0.1, 0.15) is 19.4 Å². The topological polar surface area (TPSA) is 39.7 Å². The zero-order valence-corrected chi connectivity index (χ0v) is 16.4. The summed E-state index contributed by atoms with van der Waals surface area (Å²) >= 11 is 0. The molecule has 0 aromatic heterocycles. The van der Waals surface area contributed by atoms with E-state index in [-0.39, 0.29) is 6.10 Å². The van der Waals surface area contributed by atoms with Crippen LogP contribution in [-0.4, -0.2) is 19.3 Å². The average molecular weight is 377 g/mol. The van der Waals surface area contributed by atoms with E-state index in [1.165, 1.54) is 5.56 Å². The number of hydrogen-bond donors (Lipinski definition) is 1. The van der Waals surface area contributed by atoms with E-state index in [0.717, 1.165) is 29.5 Å². The van der Waals surface area contributed by atoms with Crippen molar-refractivity contribution in [1.82, 2.24) is 0 Å². The summed E-state index contributed by atoms with van der Waals surface area (Å²) in [5.41, 5.74) is 2.25. The fraction of sp³-hybridized carbons (Fsp3) is 0.250. The van der Waals surface area contributed by atoms with E-state index in [1.807, 2.05) is 80.6 Å². The van der Waals surface area contributed by atoms with Gasteiger partial charge in [-0.25, -0.2) is 0 Å². The minimum atomic E-state index is 0.185. The summed E-state index contributed by atoms with van der Waals surface area (Å²) in [4.78, 5) is 0. The summed E-state index contributed by atoms with van der Waals surface area (Å²) in [5, 5.41) is 3.42. The Morgan fingerprint density at radius 2 is 1.25 bits per heavy atom. The van der Waals surface area contributed by atoms with E-state index in [0.29, 0.717) is 13.2 Å². The highest BCUT2D eigenvalue weighted by atomic mass is 16.5. The van der Waals surface area contributed by atoms with Gasteiger partial charge >= 0.3 is 0 Å². The predicted octanol–water partition coefficient (Wildman–Crippen LogP) is 5.54. The number of ether oxygens (including phenoxy) is 3. The Balaban J connectivity index is 1.39. The SMILES string of the molecule is CC(C)Oc1ccc(NCc2ccc(OCCOc3ccccc3)cc2)cc1. The van der Waals surface area contributed by atoms with Crippen LogP contribution in [0, 0.1) is 0 Å². The third-order valence-electron chi connectivity index (χ3n) is 4.01. The molecular weight excluding hydrogens is 350 g/mol. The van der Waals surface area contributed by atoms with Crippen molar-refractivity contribution in [1.29, 1.82) is 0 Å². The summed E-state index contributed by atoms with van der Waals surface area (Å²) in [5.74, 6) is 2.59. The molecule has 0 bridgehead atoms. The molecule has 0 spiro atoms. The first-order valence-electron chi connectivity index (χ1n) is 9.59. The van der Waals surface area contributed by atoms with Crippen LogP contribution in [0.25, 0.3) is 0 Å². The molecule has 28 heavy (non-hydrogen) atoms. The minimum absolute atomic E-state index is 0.185. The number of nitrogens with one attached hydrogen (secondary N) is 1. The van der Waals surface area contributed by atoms with Crippen molar-refractivity contribution in [3.05, 3.63) is 84.4 Å². The molecule has 3 aromatic carbocycles. The molecule has 0 amide bonds. The van der Waals surface area contributed by atoms with Crippen LogP contribution in [0.3, 0.4) is 0 Å². The highest BCUT2D eigenvalue weighted by molar-refractivity contribution is 5.47. The van der Waals surface area contributed by atoms with Gasteiger partial charge in [0.15, 0.2) is 0 Å². The fourth-order valence-corrected chi connectivity index (χ4v) is 2.67. The normalized spacial score (nSPS) is 10.5. The maximum absolute atomic E-state index is 5.73. The van der Waals surface area contributed by atoms with E-state index in [4.69, 9.17) is 14.2 Å². The van der Waals surface area contributed by atoms with Gasteiger partial charge in [-0.15, -0.1) is 0 Å². The van der Waals surface area contributed by atoms with Gasteiger partial charge in [0.25, 0.3) is 0 Å². The Labute approximate surface area is 167 Å². The lowest BCUT2D eigenvalue weighted by atomic mass is 10.2. The van der Waals surface area contributed by atoms with Gasteiger partial charge in [0.05, 0.1) is 6.10 Å². The lowest BCUT2D eigenvalue weighted by Crippen LogP contribution is -2.09. The van der Waals surface area contributed by atoms with E-state index in [2.05, 4.69) is 17.4 Å². The molecule has 1 N–H and O–H groups in total. The smallest absolute Gasteiger partial charge is 0.122 e. The first kappa shape index (κ1) is 19.6. The van der Waals surface area contributed by atoms with Gasteiger partial charge in [0.1, 0.15) is 30.5 Å². The van der Waals surface area contributed by atoms with Gasteiger partial charge in [0, 0.05) is 12.2 Å². The summed E-state index contributed by atoms with van der Waals surface area (Å²) in [6, 6.07) is 25.9. The molecule has 0 heterocycles. The Morgan fingerprint density at radius 3 is 1.86 bits per heavy atom. The van der Waals surface area contributed by atoms with Crippen molar-refractivity contribution in [3.63, 3.8) is 0 Å². The summed E-state index contributed by atoms with van der Waals surface area (Å²) < 4.78 is 17.0. The molecular formula is C24H27NO3. The van der Waals surface area contributed by atoms with Crippen molar-refractivity contribution in [2.24, 2.45) is 0 Å². The van der Waals surface area contributed by atoms with Gasteiger partial charge in [-0.3, -0.25) is 0 Å². The number of hydrogen-bond acceptors (Lipinski definition) is 4. The highest BCUT2D eigenvalue weighted by Gasteiger charge is 2.00. The molecule has 0 saturated carbocycles. The maximum Gasteiger partial charge on any atom is 0.122 e. The quantitative estimate of drug-likeness (QED) is 0.471. The lowest BCUT2D eigenvalue weighted by molar-refractivity contribution is 0.217. The molecule has 0 aliphatic rings. The molecule has 4 nitrogen and oxygen atoms in total. The first-order valence-corrected chi connectivity index (χ1v) is 9.59. The van der Waals surface area contributed by atoms with Crippen LogP contribution in [0.4, 0.5) is 5.69 Å². The van der Waals surface area contributed by atoms with Gasteiger partial charge in [-0.1, -0.05) is 30.3 Å². The Hall–Kier alpha value is -3.14. The molecule has 0 aliphatic carbocycles. The minimum Gasteiger partial charge on any atom is -0.491 e. The molecule has 4 heteroatoms. The van der Waals surface area contributed by atoms with Gasteiger partial charge in [-0.2, -0.15) is 0 Å². The molecule has 0 fully saturated rings. The van der Waals surface area contributed by atoms with Gasteiger partial charge < -0.3 is 19.5 Å². The summed E-state index contributed by atoms with van der Waals surface area (Å²) in [6.07, 6.45) is 0.185. The number of anilines is 1. The zero-order chi connectivity index (χ0) is 19.6. The first-order chi connectivity index (χ1) is 13.7. The third kappa shape index (κ3) is 6.54. The van der Waals surface area contributed by atoms with E-state index < -0.39 is 0 Å². The molecule has 0 saturated heterocycles. The van der Waals surface area contributed by atoms with E-state index in [9.17, 15) is 0 Å². The molecule has 0 radical (unpaired) electrons. The van der Waals surface area contributed by atoms with Crippen molar-refractivity contribution >= 4 is 5.69 Å². The monoisotopic (exact) mass is 377 g/mol. The maximum atomic E-state index is 5.73. The van der Waals surface area contributed by atoms with Crippen molar-refractivity contribution < 1.29 is 14.2 Å². The van der Waals surface area contributed by atoms with Crippen LogP contribution < -0.4 is 19.5 Å². The Bertz CT molecular complexity index is 815. The van der Waals surface area contributed by atoms with E-state index in [1.54, 1.807) is 0 Å².